The summed E-state index contributed by atoms with van der Waals surface area (Å²) in [5, 5.41) is 10.2. The fourth-order valence-electron chi connectivity index (χ4n) is 8.71. The quantitative estimate of drug-likeness (QED) is 0.172. The maximum absolute atomic E-state index is 2.46. The summed E-state index contributed by atoms with van der Waals surface area (Å²) in [7, 11) is 0. The third kappa shape index (κ3) is 4.11. The van der Waals surface area contributed by atoms with Gasteiger partial charge in [0, 0.05) is 5.41 Å². The molecule has 0 radical (unpaired) electrons. The first kappa shape index (κ1) is 28.1. The summed E-state index contributed by atoms with van der Waals surface area (Å²) in [4.78, 5) is 0. The average molecular weight is 623 g/mol. The van der Waals surface area contributed by atoms with Crippen molar-refractivity contribution in [3.8, 4) is 44.5 Å². The van der Waals surface area contributed by atoms with Crippen LogP contribution in [0.25, 0.3) is 87.6 Å². The van der Waals surface area contributed by atoms with E-state index < -0.39 is 0 Å². The monoisotopic (exact) mass is 622 g/mol. The van der Waals surface area contributed by atoms with E-state index in [2.05, 4.69) is 184 Å². The van der Waals surface area contributed by atoms with E-state index in [1.165, 1.54) is 98.7 Å². The highest BCUT2D eigenvalue weighted by Gasteiger charge is 2.35. The minimum atomic E-state index is -0.0510. The highest BCUT2D eigenvalue weighted by Crippen LogP contribution is 2.51. The Bertz CT molecular complexity index is 2780. The van der Waals surface area contributed by atoms with Gasteiger partial charge in [-0.15, -0.1) is 0 Å². The van der Waals surface area contributed by atoms with Gasteiger partial charge in [0.1, 0.15) is 0 Å². The van der Waals surface area contributed by atoms with Crippen LogP contribution in [0.3, 0.4) is 0 Å². The van der Waals surface area contributed by atoms with Gasteiger partial charge in [-0.25, -0.2) is 0 Å². The zero-order valence-electron chi connectivity index (χ0n) is 27.7. The lowest BCUT2D eigenvalue weighted by atomic mass is 9.81. The van der Waals surface area contributed by atoms with Crippen LogP contribution >= 0.6 is 0 Å². The van der Waals surface area contributed by atoms with Crippen LogP contribution in [0.4, 0.5) is 0 Å². The van der Waals surface area contributed by atoms with Crippen LogP contribution < -0.4 is 0 Å². The second-order valence-electron chi connectivity index (χ2n) is 14.0. The molecule has 0 nitrogen and oxygen atoms in total. The van der Waals surface area contributed by atoms with Gasteiger partial charge in [0.25, 0.3) is 0 Å². The molecule has 0 heterocycles. The lowest BCUT2D eigenvalue weighted by Crippen LogP contribution is -2.14. The smallest absolute Gasteiger partial charge is 0.0159 e. The summed E-state index contributed by atoms with van der Waals surface area (Å²) < 4.78 is 0. The third-order valence-corrected chi connectivity index (χ3v) is 11.1. The lowest BCUT2D eigenvalue weighted by molar-refractivity contribution is 0.660. The van der Waals surface area contributed by atoms with E-state index in [0.29, 0.717) is 0 Å². The Morgan fingerprint density at radius 1 is 0.306 bits per heavy atom. The van der Waals surface area contributed by atoms with E-state index in [-0.39, 0.29) is 5.41 Å². The minimum absolute atomic E-state index is 0.0510. The third-order valence-electron chi connectivity index (χ3n) is 11.1. The van der Waals surface area contributed by atoms with Crippen molar-refractivity contribution in [3.63, 3.8) is 0 Å². The van der Waals surface area contributed by atoms with E-state index in [0.717, 1.165) is 0 Å². The number of hydrogen-bond donors (Lipinski definition) is 0. The van der Waals surface area contributed by atoms with E-state index >= 15 is 0 Å². The molecule has 0 fully saturated rings. The van der Waals surface area contributed by atoms with Crippen LogP contribution in [-0.2, 0) is 5.41 Å². The van der Waals surface area contributed by atoms with Gasteiger partial charge in [0.05, 0.1) is 0 Å². The molecule has 0 saturated carbocycles. The summed E-state index contributed by atoms with van der Waals surface area (Å²) in [6.07, 6.45) is 0. The summed E-state index contributed by atoms with van der Waals surface area (Å²) in [6, 6.07) is 63.3. The average Bonchev–Trinajstić information content (AvgIpc) is 3.39. The Labute approximate surface area is 286 Å². The predicted octanol–water partition coefficient (Wildman–Crippen LogP) is 13.6. The maximum Gasteiger partial charge on any atom is 0.0159 e. The maximum atomic E-state index is 2.46. The SMILES string of the molecule is CC1(C)c2ccccc2-c2ccc(-c3ccc4c(-c5cccc6ccccc56)c5ccccc5c(-c5cccc6ccccc56)c4c3)cc21. The number of fused-ring (bicyclic) bond motifs is 7. The second-order valence-corrected chi connectivity index (χ2v) is 14.0. The molecular formula is C49H34. The van der Waals surface area contributed by atoms with Crippen LogP contribution in [0.5, 0.6) is 0 Å². The Kier molecular flexibility index (Phi) is 6.02. The largest absolute Gasteiger partial charge is 0.0619 e. The molecule has 9 aromatic carbocycles. The van der Waals surface area contributed by atoms with Crippen molar-refractivity contribution >= 4 is 43.1 Å². The molecule has 0 bridgehead atoms. The van der Waals surface area contributed by atoms with Crippen LogP contribution in [-0.4, -0.2) is 0 Å². The van der Waals surface area contributed by atoms with Crippen LogP contribution in [0, 0.1) is 0 Å². The predicted molar refractivity (Wildman–Crippen MR) is 210 cm³/mol. The van der Waals surface area contributed by atoms with E-state index in [1.807, 2.05) is 0 Å². The van der Waals surface area contributed by atoms with Gasteiger partial charge < -0.3 is 0 Å². The molecule has 1 aliphatic rings. The Morgan fingerprint density at radius 3 is 1.43 bits per heavy atom. The van der Waals surface area contributed by atoms with Crippen molar-refractivity contribution in [2.24, 2.45) is 0 Å². The molecule has 1 aliphatic carbocycles. The molecule has 9 aromatic rings. The van der Waals surface area contributed by atoms with Gasteiger partial charge in [0.2, 0.25) is 0 Å². The molecule has 0 amide bonds. The normalized spacial score (nSPS) is 13.3. The first-order valence-electron chi connectivity index (χ1n) is 17.3. The summed E-state index contributed by atoms with van der Waals surface area (Å²) in [5.74, 6) is 0. The molecule has 0 heteroatoms. The molecule has 0 unspecified atom stereocenters. The van der Waals surface area contributed by atoms with Gasteiger partial charge in [-0.1, -0.05) is 172 Å². The van der Waals surface area contributed by atoms with Gasteiger partial charge in [-0.05, 0) is 111 Å². The molecule has 0 atom stereocenters. The molecule has 0 spiro atoms. The molecular weight excluding hydrogens is 589 g/mol. The lowest BCUT2D eigenvalue weighted by Gasteiger charge is -2.22. The van der Waals surface area contributed by atoms with Crippen molar-refractivity contribution < 1.29 is 0 Å². The molecule has 49 heavy (non-hydrogen) atoms. The second kappa shape index (κ2) is 10.5. The fourth-order valence-corrected chi connectivity index (χ4v) is 8.71. The van der Waals surface area contributed by atoms with Gasteiger partial charge >= 0.3 is 0 Å². The topological polar surface area (TPSA) is 0 Å². The van der Waals surface area contributed by atoms with Crippen LogP contribution in [0.1, 0.15) is 25.0 Å². The van der Waals surface area contributed by atoms with Gasteiger partial charge in [-0.3, -0.25) is 0 Å². The Morgan fingerprint density at radius 2 is 0.755 bits per heavy atom. The standard InChI is InChI=1S/C49H34/c1-49(2)45-24-10-9-19-37(45)38-27-25-34(30-46(38)49)33-26-28-43-44(29-33)48(40-23-12-16-32-14-4-6-18-36(32)40)42-21-8-7-20-41(42)47(43)39-22-11-15-31-13-3-5-17-35(31)39/h3-30H,1-2H3. The van der Waals surface area contributed by atoms with Crippen molar-refractivity contribution in [3.05, 3.63) is 181 Å². The Balaban J connectivity index is 1.31. The summed E-state index contributed by atoms with van der Waals surface area (Å²) in [6.45, 7) is 4.73. The van der Waals surface area contributed by atoms with Gasteiger partial charge in [0.15, 0.2) is 0 Å². The fraction of sp³-hybridized carbons (Fsp3) is 0.0612. The summed E-state index contributed by atoms with van der Waals surface area (Å²) >= 11 is 0. The molecule has 0 N–H and O–H groups in total. The highest BCUT2D eigenvalue weighted by atomic mass is 14.4. The van der Waals surface area contributed by atoms with Crippen molar-refractivity contribution in [1.29, 1.82) is 0 Å². The summed E-state index contributed by atoms with van der Waals surface area (Å²) in [5.41, 5.74) is 13.1. The van der Waals surface area contributed by atoms with Crippen molar-refractivity contribution in [2.75, 3.05) is 0 Å². The zero-order valence-corrected chi connectivity index (χ0v) is 27.7. The first-order chi connectivity index (χ1) is 24.1. The molecule has 0 saturated heterocycles. The minimum Gasteiger partial charge on any atom is -0.0619 e. The molecule has 10 rings (SSSR count). The van der Waals surface area contributed by atoms with E-state index in [9.17, 15) is 0 Å². The number of hydrogen-bond acceptors (Lipinski definition) is 0. The number of benzene rings is 9. The van der Waals surface area contributed by atoms with E-state index in [1.54, 1.807) is 0 Å². The van der Waals surface area contributed by atoms with Crippen LogP contribution in [0.15, 0.2) is 170 Å². The van der Waals surface area contributed by atoms with E-state index in [4.69, 9.17) is 0 Å². The zero-order chi connectivity index (χ0) is 32.7. The van der Waals surface area contributed by atoms with Crippen LogP contribution in [0.2, 0.25) is 0 Å². The molecule has 0 aromatic heterocycles. The Hall–Kier alpha value is -5.98. The number of rotatable bonds is 3. The molecule has 0 aliphatic heterocycles. The molecule has 230 valence electrons. The highest BCUT2D eigenvalue weighted by molar-refractivity contribution is 6.25. The van der Waals surface area contributed by atoms with Crippen molar-refractivity contribution in [2.45, 2.75) is 19.3 Å². The van der Waals surface area contributed by atoms with Gasteiger partial charge in [-0.2, -0.15) is 0 Å². The first-order valence-corrected chi connectivity index (χ1v) is 17.3. The van der Waals surface area contributed by atoms with Crippen molar-refractivity contribution in [1.82, 2.24) is 0 Å².